The van der Waals surface area contributed by atoms with Gasteiger partial charge >= 0.3 is 0 Å². The van der Waals surface area contributed by atoms with Gasteiger partial charge in [0.2, 0.25) is 0 Å². The summed E-state index contributed by atoms with van der Waals surface area (Å²) in [5, 5.41) is 8.59. The first-order valence-corrected chi connectivity index (χ1v) is 4.24. The van der Waals surface area contributed by atoms with E-state index in [1.165, 1.54) is 12.8 Å². The molecule has 0 aromatic carbocycles. The van der Waals surface area contributed by atoms with Crippen molar-refractivity contribution in [2.75, 3.05) is 13.3 Å². The summed E-state index contributed by atoms with van der Waals surface area (Å²) in [5.41, 5.74) is 0.810. The Morgan fingerprint density at radius 3 is 2.55 bits per heavy atom. The molecule has 1 fully saturated rings. The van der Waals surface area contributed by atoms with Gasteiger partial charge in [0.05, 0.1) is 6.61 Å². The molecule has 0 bridgehead atoms. The van der Waals surface area contributed by atoms with Crippen LogP contribution in [0.4, 0.5) is 4.39 Å². The Morgan fingerprint density at radius 2 is 2.09 bits per heavy atom. The number of hydrogen-bond donors (Lipinski definition) is 1. The van der Waals surface area contributed by atoms with E-state index in [2.05, 4.69) is 0 Å². The van der Waals surface area contributed by atoms with Crippen molar-refractivity contribution in [3.8, 4) is 0 Å². The standard InChI is InChI=1S/C9H15FO/c10-7-9(5-6-11)8-3-1-2-4-8/h5,8,11H,1-4,6-7H2/b9-5-. The lowest BCUT2D eigenvalue weighted by Gasteiger charge is -2.09. The van der Waals surface area contributed by atoms with Crippen LogP contribution >= 0.6 is 0 Å². The van der Waals surface area contributed by atoms with E-state index in [4.69, 9.17) is 5.11 Å². The highest BCUT2D eigenvalue weighted by molar-refractivity contribution is 5.08. The molecule has 1 aliphatic carbocycles. The Labute approximate surface area is 66.9 Å². The smallest absolute Gasteiger partial charge is 0.111 e. The molecular weight excluding hydrogens is 143 g/mol. The number of allylic oxidation sites excluding steroid dienone is 1. The van der Waals surface area contributed by atoms with E-state index in [-0.39, 0.29) is 13.3 Å². The Hall–Kier alpha value is -0.370. The van der Waals surface area contributed by atoms with E-state index < -0.39 is 0 Å². The third-order valence-corrected chi connectivity index (χ3v) is 2.39. The van der Waals surface area contributed by atoms with Gasteiger partial charge < -0.3 is 5.11 Å². The molecule has 0 saturated heterocycles. The molecule has 0 atom stereocenters. The quantitative estimate of drug-likeness (QED) is 0.623. The molecule has 11 heavy (non-hydrogen) atoms. The third kappa shape index (κ3) is 2.29. The molecule has 0 aliphatic heterocycles. The maximum Gasteiger partial charge on any atom is 0.111 e. The summed E-state index contributed by atoms with van der Waals surface area (Å²) < 4.78 is 12.3. The van der Waals surface area contributed by atoms with Gasteiger partial charge in [0.15, 0.2) is 0 Å². The molecule has 0 radical (unpaired) electrons. The van der Waals surface area contributed by atoms with Crippen molar-refractivity contribution in [3.05, 3.63) is 11.6 Å². The van der Waals surface area contributed by atoms with Gasteiger partial charge in [0, 0.05) is 0 Å². The van der Waals surface area contributed by atoms with Crippen LogP contribution in [0.3, 0.4) is 0 Å². The normalized spacial score (nSPS) is 21.1. The summed E-state index contributed by atoms with van der Waals surface area (Å²) in [4.78, 5) is 0. The lowest BCUT2D eigenvalue weighted by Crippen LogP contribution is -2.01. The second-order valence-corrected chi connectivity index (χ2v) is 3.08. The van der Waals surface area contributed by atoms with Gasteiger partial charge in [-0.25, -0.2) is 4.39 Å². The number of hydrogen-bond acceptors (Lipinski definition) is 1. The highest BCUT2D eigenvalue weighted by Gasteiger charge is 2.18. The highest BCUT2D eigenvalue weighted by Crippen LogP contribution is 2.30. The van der Waals surface area contributed by atoms with Crippen molar-refractivity contribution in [1.82, 2.24) is 0 Å². The molecule has 64 valence electrons. The van der Waals surface area contributed by atoms with Crippen LogP contribution in [0.5, 0.6) is 0 Å². The molecule has 1 N–H and O–H groups in total. The van der Waals surface area contributed by atoms with Gasteiger partial charge in [-0.1, -0.05) is 18.9 Å². The third-order valence-electron chi connectivity index (χ3n) is 2.39. The molecule has 1 aliphatic rings. The zero-order valence-electron chi connectivity index (χ0n) is 6.72. The Morgan fingerprint density at radius 1 is 1.45 bits per heavy atom. The number of rotatable bonds is 3. The van der Waals surface area contributed by atoms with E-state index in [1.54, 1.807) is 6.08 Å². The minimum Gasteiger partial charge on any atom is -0.392 e. The number of aliphatic hydroxyl groups excluding tert-OH is 1. The maximum absolute atomic E-state index is 12.3. The number of halogens is 1. The summed E-state index contributed by atoms with van der Waals surface area (Å²) in [6.45, 7) is -0.402. The van der Waals surface area contributed by atoms with Crippen molar-refractivity contribution in [2.45, 2.75) is 25.7 Å². The van der Waals surface area contributed by atoms with Crippen molar-refractivity contribution < 1.29 is 9.50 Å². The van der Waals surface area contributed by atoms with E-state index in [0.29, 0.717) is 5.92 Å². The lowest BCUT2D eigenvalue weighted by atomic mass is 9.98. The van der Waals surface area contributed by atoms with Crippen LogP contribution in [0.2, 0.25) is 0 Å². The maximum atomic E-state index is 12.3. The van der Waals surface area contributed by atoms with Crippen molar-refractivity contribution >= 4 is 0 Å². The average Bonchev–Trinajstić information content (AvgIpc) is 2.52. The topological polar surface area (TPSA) is 20.2 Å². The first-order valence-electron chi connectivity index (χ1n) is 4.24. The fourth-order valence-corrected chi connectivity index (χ4v) is 1.74. The summed E-state index contributed by atoms with van der Waals surface area (Å²) in [6, 6.07) is 0. The van der Waals surface area contributed by atoms with Crippen molar-refractivity contribution in [3.63, 3.8) is 0 Å². The Kier molecular flexibility index (Phi) is 3.57. The molecular formula is C9H15FO. The van der Waals surface area contributed by atoms with Crippen LogP contribution in [0.1, 0.15) is 25.7 Å². The van der Waals surface area contributed by atoms with Crippen LogP contribution in [-0.2, 0) is 0 Å². The summed E-state index contributed by atoms with van der Waals surface area (Å²) >= 11 is 0. The minimum atomic E-state index is -0.384. The monoisotopic (exact) mass is 158 g/mol. The number of alkyl halides is 1. The molecule has 1 nitrogen and oxygen atoms in total. The average molecular weight is 158 g/mol. The van der Waals surface area contributed by atoms with Crippen LogP contribution < -0.4 is 0 Å². The van der Waals surface area contributed by atoms with Crippen molar-refractivity contribution in [1.29, 1.82) is 0 Å². The molecule has 1 rings (SSSR count). The zero-order valence-corrected chi connectivity index (χ0v) is 6.72. The van der Waals surface area contributed by atoms with Gasteiger partial charge in [-0.3, -0.25) is 0 Å². The van der Waals surface area contributed by atoms with Crippen LogP contribution in [-0.4, -0.2) is 18.4 Å². The highest BCUT2D eigenvalue weighted by atomic mass is 19.1. The molecule has 0 amide bonds. The molecule has 2 heteroatoms. The Balaban J connectivity index is 2.46. The summed E-state index contributed by atoms with van der Waals surface area (Å²) in [6.07, 6.45) is 6.27. The zero-order chi connectivity index (χ0) is 8.10. The molecule has 0 unspecified atom stereocenters. The molecule has 0 spiro atoms. The predicted octanol–water partition coefficient (Wildman–Crippen LogP) is 2.06. The van der Waals surface area contributed by atoms with E-state index >= 15 is 0 Å². The largest absolute Gasteiger partial charge is 0.392 e. The minimum absolute atomic E-state index is 0.0181. The summed E-state index contributed by atoms with van der Waals surface area (Å²) in [7, 11) is 0. The van der Waals surface area contributed by atoms with Crippen LogP contribution in [0.25, 0.3) is 0 Å². The van der Waals surface area contributed by atoms with Crippen molar-refractivity contribution in [2.24, 2.45) is 5.92 Å². The van der Waals surface area contributed by atoms with Gasteiger partial charge in [-0.15, -0.1) is 0 Å². The molecule has 1 saturated carbocycles. The predicted molar refractivity (Wildman–Crippen MR) is 43.1 cm³/mol. The van der Waals surface area contributed by atoms with Crippen LogP contribution in [0.15, 0.2) is 11.6 Å². The SMILES string of the molecule is OC/C=C(/CF)C1CCCC1. The van der Waals surface area contributed by atoms with Gasteiger partial charge in [0.1, 0.15) is 6.67 Å². The lowest BCUT2D eigenvalue weighted by molar-refractivity contribution is 0.338. The van der Waals surface area contributed by atoms with Crippen LogP contribution in [0, 0.1) is 5.92 Å². The summed E-state index contributed by atoms with van der Waals surface area (Å²) in [5.74, 6) is 0.423. The van der Waals surface area contributed by atoms with E-state index in [1.807, 2.05) is 0 Å². The molecule has 0 aromatic heterocycles. The molecule has 0 aromatic rings. The van der Waals surface area contributed by atoms with E-state index in [9.17, 15) is 4.39 Å². The number of aliphatic hydroxyl groups is 1. The van der Waals surface area contributed by atoms with Gasteiger partial charge in [-0.2, -0.15) is 0 Å². The van der Waals surface area contributed by atoms with Gasteiger partial charge in [0.25, 0.3) is 0 Å². The second kappa shape index (κ2) is 4.50. The molecule has 0 heterocycles. The fourth-order valence-electron chi connectivity index (χ4n) is 1.74. The fraction of sp³-hybridized carbons (Fsp3) is 0.778. The second-order valence-electron chi connectivity index (χ2n) is 3.08. The van der Waals surface area contributed by atoms with Gasteiger partial charge in [-0.05, 0) is 24.3 Å². The van der Waals surface area contributed by atoms with E-state index in [0.717, 1.165) is 18.4 Å². The Bertz CT molecular complexity index is 136. The first-order chi connectivity index (χ1) is 5.38. The first kappa shape index (κ1) is 8.72.